The molecule has 2 rings (SSSR count). The van der Waals surface area contributed by atoms with E-state index >= 15 is 0 Å². The molecule has 1 N–H and O–H groups in total. The summed E-state index contributed by atoms with van der Waals surface area (Å²) in [7, 11) is 1.64. The first-order valence-electron chi connectivity index (χ1n) is 6.13. The van der Waals surface area contributed by atoms with Crippen LogP contribution in [-0.4, -0.2) is 28.4 Å². The second-order valence-electron chi connectivity index (χ2n) is 4.37. The molecule has 7 heteroatoms. The van der Waals surface area contributed by atoms with Gasteiger partial charge in [0.1, 0.15) is 0 Å². The smallest absolute Gasteiger partial charge is 0.269 e. The van der Waals surface area contributed by atoms with Crippen molar-refractivity contribution in [2.75, 3.05) is 19.0 Å². The van der Waals surface area contributed by atoms with Crippen LogP contribution in [0.15, 0.2) is 30.6 Å². The molecule has 2 aromatic rings. The molecular weight excluding hydrogens is 260 g/mol. The molecule has 0 fully saturated rings. The van der Waals surface area contributed by atoms with Crippen LogP contribution in [0.3, 0.4) is 0 Å². The minimum Gasteiger partial charge on any atom is -0.383 e. The summed E-state index contributed by atoms with van der Waals surface area (Å²) >= 11 is 0. The minimum absolute atomic E-state index is 0.0869. The summed E-state index contributed by atoms with van der Waals surface area (Å²) in [5, 5.41) is 18.1. The highest BCUT2D eigenvalue weighted by atomic mass is 16.6. The SMILES string of the molecule is COCCn1cc(Nc2ccc([N+](=O)[O-])cc2C)cn1. The van der Waals surface area contributed by atoms with E-state index in [1.54, 1.807) is 24.1 Å². The number of hydrogen-bond donors (Lipinski definition) is 1. The number of nitrogens with zero attached hydrogens (tertiary/aromatic N) is 3. The number of aromatic nitrogens is 2. The van der Waals surface area contributed by atoms with Gasteiger partial charge in [-0.05, 0) is 18.6 Å². The van der Waals surface area contributed by atoms with E-state index in [4.69, 9.17) is 4.74 Å². The number of nitro benzene ring substituents is 1. The lowest BCUT2D eigenvalue weighted by molar-refractivity contribution is -0.384. The molecule has 1 aromatic heterocycles. The van der Waals surface area contributed by atoms with Crippen molar-refractivity contribution in [3.63, 3.8) is 0 Å². The van der Waals surface area contributed by atoms with E-state index < -0.39 is 4.92 Å². The van der Waals surface area contributed by atoms with E-state index in [0.717, 1.165) is 16.9 Å². The Morgan fingerprint density at radius 3 is 2.95 bits per heavy atom. The quantitative estimate of drug-likeness (QED) is 0.647. The Bertz CT molecular complexity index is 609. The average Bonchev–Trinajstić information content (AvgIpc) is 2.86. The lowest BCUT2D eigenvalue weighted by Gasteiger charge is -2.07. The van der Waals surface area contributed by atoms with E-state index in [1.807, 2.05) is 13.1 Å². The lowest BCUT2D eigenvalue weighted by Crippen LogP contribution is -2.03. The first-order valence-corrected chi connectivity index (χ1v) is 6.13. The third-order valence-corrected chi connectivity index (χ3v) is 2.86. The van der Waals surface area contributed by atoms with Crippen LogP contribution >= 0.6 is 0 Å². The van der Waals surface area contributed by atoms with Crippen molar-refractivity contribution in [3.8, 4) is 0 Å². The lowest BCUT2D eigenvalue weighted by atomic mass is 10.2. The number of aryl methyl sites for hydroxylation is 1. The molecule has 7 nitrogen and oxygen atoms in total. The van der Waals surface area contributed by atoms with Gasteiger partial charge in [0.05, 0.1) is 30.0 Å². The second kappa shape index (κ2) is 6.16. The maximum atomic E-state index is 10.7. The number of anilines is 2. The third kappa shape index (κ3) is 3.33. The zero-order valence-corrected chi connectivity index (χ0v) is 11.4. The van der Waals surface area contributed by atoms with Gasteiger partial charge in [-0.1, -0.05) is 0 Å². The molecule has 0 amide bonds. The predicted octanol–water partition coefficient (Wildman–Crippen LogP) is 2.49. The van der Waals surface area contributed by atoms with Gasteiger partial charge >= 0.3 is 0 Å². The van der Waals surface area contributed by atoms with Crippen LogP contribution in [0, 0.1) is 17.0 Å². The Hall–Kier alpha value is -2.41. The van der Waals surface area contributed by atoms with Crippen LogP contribution in [0.1, 0.15) is 5.56 Å². The molecule has 0 aliphatic heterocycles. The number of hydrogen-bond acceptors (Lipinski definition) is 5. The molecular formula is C13H16N4O3. The van der Waals surface area contributed by atoms with E-state index in [1.165, 1.54) is 12.1 Å². The maximum absolute atomic E-state index is 10.7. The fourth-order valence-electron chi connectivity index (χ4n) is 1.79. The number of ether oxygens (including phenoxy) is 1. The molecule has 0 aliphatic rings. The summed E-state index contributed by atoms with van der Waals surface area (Å²) in [5.41, 5.74) is 2.55. The fourth-order valence-corrected chi connectivity index (χ4v) is 1.79. The van der Waals surface area contributed by atoms with Gasteiger partial charge in [0, 0.05) is 31.1 Å². The van der Waals surface area contributed by atoms with E-state index in [-0.39, 0.29) is 5.69 Å². The number of non-ortho nitro benzene ring substituents is 1. The van der Waals surface area contributed by atoms with Crippen molar-refractivity contribution in [1.82, 2.24) is 9.78 Å². The maximum Gasteiger partial charge on any atom is 0.269 e. The molecule has 0 radical (unpaired) electrons. The van der Waals surface area contributed by atoms with Crippen molar-refractivity contribution >= 4 is 17.1 Å². The van der Waals surface area contributed by atoms with Gasteiger partial charge in [-0.15, -0.1) is 0 Å². The van der Waals surface area contributed by atoms with Gasteiger partial charge in [0.2, 0.25) is 0 Å². The number of nitrogens with one attached hydrogen (secondary N) is 1. The highest BCUT2D eigenvalue weighted by molar-refractivity contribution is 5.63. The van der Waals surface area contributed by atoms with Gasteiger partial charge in [-0.2, -0.15) is 5.10 Å². The van der Waals surface area contributed by atoms with E-state index in [2.05, 4.69) is 10.4 Å². The van der Waals surface area contributed by atoms with Gasteiger partial charge in [-0.3, -0.25) is 14.8 Å². The molecule has 1 aromatic carbocycles. The Morgan fingerprint density at radius 1 is 1.50 bits per heavy atom. The first kappa shape index (κ1) is 14.0. The van der Waals surface area contributed by atoms with Crippen LogP contribution in [0.4, 0.5) is 17.1 Å². The van der Waals surface area contributed by atoms with Crippen LogP contribution in [0.2, 0.25) is 0 Å². The summed E-state index contributed by atoms with van der Waals surface area (Å²) in [4.78, 5) is 10.3. The average molecular weight is 276 g/mol. The van der Waals surface area contributed by atoms with Gasteiger partial charge in [-0.25, -0.2) is 0 Å². The van der Waals surface area contributed by atoms with Crippen molar-refractivity contribution in [1.29, 1.82) is 0 Å². The van der Waals surface area contributed by atoms with Crippen molar-refractivity contribution in [2.45, 2.75) is 13.5 Å². The number of rotatable bonds is 6. The van der Waals surface area contributed by atoms with E-state index in [9.17, 15) is 10.1 Å². The van der Waals surface area contributed by atoms with Crippen molar-refractivity contribution in [2.24, 2.45) is 0 Å². The molecule has 0 unspecified atom stereocenters. The molecule has 0 saturated heterocycles. The normalized spacial score (nSPS) is 10.5. The largest absolute Gasteiger partial charge is 0.383 e. The zero-order chi connectivity index (χ0) is 14.5. The van der Waals surface area contributed by atoms with Crippen LogP contribution in [0.25, 0.3) is 0 Å². The fraction of sp³-hybridized carbons (Fsp3) is 0.308. The highest BCUT2D eigenvalue weighted by Gasteiger charge is 2.08. The first-order chi connectivity index (χ1) is 9.60. The van der Waals surface area contributed by atoms with Crippen molar-refractivity contribution < 1.29 is 9.66 Å². The number of benzene rings is 1. The van der Waals surface area contributed by atoms with E-state index in [0.29, 0.717) is 13.2 Å². The monoisotopic (exact) mass is 276 g/mol. The Labute approximate surface area is 116 Å². The van der Waals surface area contributed by atoms with Gasteiger partial charge in [0.15, 0.2) is 0 Å². The zero-order valence-electron chi connectivity index (χ0n) is 11.4. The molecule has 1 heterocycles. The Balaban J connectivity index is 2.09. The van der Waals surface area contributed by atoms with Crippen LogP contribution < -0.4 is 5.32 Å². The summed E-state index contributed by atoms with van der Waals surface area (Å²) in [6.45, 7) is 3.10. The molecule has 0 spiro atoms. The minimum atomic E-state index is -0.403. The molecule has 106 valence electrons. The van der Waals surface area contributed by atoms with Crippen LogP contribution in [0.5, 0.6) is 0 Å². The molecule has 0 aliphatic carbocycles. The molecule has 20 heavy (non-hydrogen) atoms. The summed E-state index contributed by atoms with van der Waals surface area (Å²) in [6.07, 6.45) is 3.57. The summed E-state index contributed by atoms with van der Waals surface area (Å²) < 4.78 is 6.75. The third-order valence-electron chi connectivity index (χ3n) is 2.86. The number of methoxy groups -OCH3 is 1. The Morgan fingerprint density at radius 2 is 2.30 bits per heavy atom. The standard InChI is InChI=1S/C13H16N4O3/c1-10-7-12(17(18)19)3-4-13(10)15-11-8-14-16(9-11)5-6-20-2/h3-4,7-9,15H,5-6H2,1-2H3. The van der Waals surface area contributed by atoms with Crippen molar-refractivity contribution in [3.05, 3.63) is 46.3 Å². The van der Waals surface area contributed by atoms with Gasteiger partial charge in [0.25, 0.3) is 5.69 Å². The molecule has 0 bridgehead atoms. The second-order valence-corrected chi connectivity index (χ2v) is 4.37. The van der Waals surface area contributed by atoms with Crippen LogP contribution in [-0.2, 0) is 11.3 Å². The topological polar surface area (TPSA) is 82.2 Å². The highest BCUT2D eigenvalue weighted by Crippen LogP contribution is 2.24. The molecule has 0 saturated carbocycles. The summed E-state index contributed by atoms with van der Waals surface area (Å²) in [6, 6.07) is 4.71. The molecule has 0 atom stereocenters. The number of nitro groups is 1. The summed E-state index contributed by atoms with van der Waals surface area (Å²) in [5.74, 6) is 0. The predicted molar refractivity (Wildman–Crippen MR) is 75.2 cm³/mol. The van der Waals surface area contributed by atoms with Gasteiger partial charge < -0.3 is 10.1 Å². The Kier molecular flexibility index (Phi) is 4.31.